The Morgan fingerprint density at radius 3 is 2.45 bits per heavy atom. The molecule has 0 saturated carbocycles. The molecular formula is C62H69ClFN9O10S. The van der Waals surface area contributed by atoms with E-state index in [9.17, 15) is 24.3 Å². The van der Waals surface area contributed by atoms with Crippen LogP contribution in [-0.4, -0.2) is 160 Å². The molecule has 2 N–H and O–H groups in total. The van der Waals surface area contributed by atoms with Gasteiger partial charge in [-0.05, 0) is 91.8 Å². The van der Waals surface area contributed by atoms with E-state index in [1.54, 1.807) is 35.5 Å². The van der Waals surface area contributed by atoms with E-state index >= 15 is 4.39 Å². The molecule has 0 aliphatic carbocycles. The first-order valence-corrected chi connectivity index (χ1v) is 29.6. The molecule has 0 bridgehead atoms. The lowest BCUT2D eigenvalue weighted by atomic mass is 9.91. The van der Waals surface area contributed by atoms with Crippen LogP contribution in [0.4, 0.5) is 10.2 Å². The van der Waals surface area contributed by atoms with Crippen LogP contribution in [0.2, 0.25) is 5.02 Å². The van der Waals surface area contributed by atoms with E-state index in [1.165, 1.54) is 28.4 Å². The van der Waals surface area contributed by atoms with E-state index in [2.05, 4.69) is 31.9 Å². The third-order valence-corrected chi connectivity index (χ3v) is 16.9. The van der Waals surface area contributed by atoms with Gasteiger partial charge in [0.25, 0.3) is 0 Å². The SMILES string of the molecule is C=CC(=O)N1CCN(c2nc(O[C@H](C)CN3CCC(OCCOCCOc4cc(-c5scnc5C)ccc4CNC(=O)[C@@H]4CC(=O)CN4C(=O)[C@@H](c4cc(C)no4)C(C)C)CC3)nc3c(F)c(-c4cc(O)cc5ccccc45)c(Cl)cc23)CC1. The van der Waals surface area contributed by atoms with Crippen LogP contribution in [0.1, 0.15) is 68.7 Å². The summed E-state index contributed by atoms with van der Waals surface area (Å²) in [6.45, 7) is 18.0. The first kappa shape index (κ1) is 59.6. The fourth-order valence-corrected chi connectivity index (χ4v) is 12.4. The van der Waals surface area contributed by atoms with Gasteiger partial charge in [0.15, 0.2) is 11.6 Å². The summed E-state index contributed by atoms with van der Waals surface area (Å²) in [6, 6.07) is 18.7. The average Bonchev–Trinajstić information content (AvgIpc) is 4.42. The zero-order valence-corrected chi connectivity index (χ0v) is 49.3. The van der Waals surface area contributed by atoms with E-state index in [1.807, 2.05) is 75.1 Å². The number of aromatic hydroxyl groups is 1. The first-order chi connectivity index (χ1) is 40.5. The standard InChI is InChI=1S/C62H69ClFN9O10S/c1-7-53(76)71-18-20-72(21-19-71)59-48-31-49(63)55(47-29-43(74)27-40-10-8-9-11-46(40)47)56(64)57(48)67-62(68-59)82-38(5)33-70-16-14-45(15-17-70)80-24-22-79-23-25-81-51-28-41(58-39(6)66-35-84-58)12-13-42(51)32-65-60(77)50-30-44(75)34-73(50)61(78)54(36(2)3)52-26-37(4)69-83-52/h7-13,26-29,31,35-36,38,45,50,54,74H,1,14-25,30,32-34H2,2-6H3,(H,65,77)/t38-,50+,54-/m1/s1. The van der Waals surface area contributed by atoms with Crippen molar-refractivity contribution < 1.29 is 52.1 Å². The number of carbonyl (C=O) groups is 4. The van der Waals surface area contributed by atoms with Crippen LogP contribution in [0.5, 0.6) is 17.5 Å². The van der Waals surface area contributed by atoms with Crippen molar-refractivity contribution in [2.24, 2.45) is 5.92 Å². The van der Waals surface area contributed by atoms with Crippen molar-refractivity contribution in [1.82, 2.24) is 40.1 Å². The molecule has 0 spiro atoms. The van der Waals surface area contributed by atoms with Gasteiger partial charge in [0.05, 0.1) is 59.3 Å². The number of piperidine rings is 1. The molecule has 22 heteroatoms. The molecule has 84 heavy (non-hydrogen) atoms. The number of hydrogen-bond acceptors (Lipinski definition) is 17. The van der Waals surface area contributed by atoms with Gasteiger partial charge in [-0.1, -0.05) is 73.6 Å². The molecule has 3 aromatic heterocycles. The number of piperazine rings is 1. The third kappa shape index (κ3) is 13.5. The lowest BCUT2D eigenvalue weighted by Gasteiger charge is -2.35. The van der Waals surface area contributed by atoms with Gasteiger partial charge in [-0.3, -0.25) is 24.1 Å². The number of ketones is 1. The molecule has 0 radical (unpaired) electrons. The maximum absolute atomic E-state index is 17.2. The highest BCUT2D eigenvalue weighted by molar-refractivity contribution is 7.13. The van der Waals surface area contributed by atoms with Gasteiger partial charge < -0.3 is 48.6 Å². The number of likely N-dealkylation sites (tertiary alicyclic amines) is 2. The normalized spacial score (nSPS) is 16.9. The summed E-state index contributed by atoms with van der Waals surface area (Å²) < 4.78 is 47.6. The second-order valence-corrected chi connectivity index (χ2v) is 23.2. The number of halogens is 2. The molecule has 3 saturated heterocycles. The highest BCUT2D eigenvalue weighted by atomic mass is 35.5. The van der Waals surface area contributed by atoms with Crippen LogP contribution in [0.15, 0.2) is 89.4 Å². The van der Waals surface area contributed by atoms with Crippen LogP contribution in [0.3, 0.4) is 0 Å². The summed E-state index contributed by atoms with van der Waals surface area (Å²) in [4.78, 5) is 75.3. The number of nitrogens with zero attached hydrogens (tertiary/aromatic N) is 8. The molecule has 7 aromatic rings. The first-order valence-electron chi connectivity index (χ1n) is 28.4. The minimum absolute atomic E-state index is 0.00644. The topological polar surface area (TPSA) is 215 Å². The van der Waals surface area contributed by atoms with Crippen molar-refractivity contribution in [3.05, 3.63) is 118 Å². The number of Topliss-reactive ketones (excluding diaryl/α,β-unsaturated/α-hetero) is 1. The van der Waals surface area contributed by atoms with Crippen molar-refractivity contribution in [3.63, 3.8) is 0 Å². The lowest BCUT2D eigenvalue weighted by molar-refractivity contribution is -0.141. The number of carbonyl (C=O) groups excluding carboxylic acids is 4. The number of rotatable bonds is 22. The fraction of sp³-hybridized carbons (Fsp3) is 0.419. The number of phenols is 1. The zero-order valence-electron chi connectivity index (χ0n) is 47.8. The maximum Gasteiger partial charge on any atom is 0.319 e. The summed E-state index contributed by atoms with van der Waals surface area (Å²) in [5.74, 6) is -1.33. The highest BCUT2D eigenvalue weighted by Gasteiger charge is 2.43. The molecule has 3 aliphatic rings. The molecule has 10 rings (SSSR count). The number of amides is 3. The summed E-state index contributed by atoms with van der Waals surface area (Å²) in [5.41, 5.74) is 5.48. The van der Waals surface area contributed by atoms with E-state index < -0.39 is 23.7 Å². The summed E-state index contributed by atoms with van der Waals surface area (Å²) >= 11 is 8.47. The van der Waals surface area contributed by atoms with Gasteiger partial charge in [-0.15, -0.1) is 11.3 Å². The van der Waals surface area contributed by atoms with Crippen LogP contribution in [0, 0.1) is 25.6 Å². The van der Waals surface area contributed by atoms with Crippen molar-refractivity contribution in [1.29, 1.82) is 0 Å². The Labute approximate surface area is 495 Å². The Hall–Kier alpha value is -7.56. The van der Waals surface area contributed by atoms with E-state index in [0.29, 0.717) is 90.9 Å². The smallest absolute Gasteiger partial charge is 0.319 e. The largest absolute Gasteiger partial charge is 0.508 e. The molecule has 3 amide bonds. The second-order valence-electron chi connectivity index (χ2n) is 21.9. The predicted molar refractivity (Wildman–Crippen MR) is 318 cm³/mol. The number of hydrogen-bond donors (Lipinski definition) is 2. The predicted octanol–water partition coefficient (Wildman–Crippen LogP) is 9.08. The summed E-state index contributed by atoms with van der Waals surface area (Å²) in [6.07, 6.45) is 2.47. The van der Waals surface area contributed by atoms with Gasteiger partial charge in [0, 0.05) is 81.4 Å². The molecule has 19 nitrogen and oxygen atoms in total. The maximum atomic E-state index is 17.2. The van der Waals surface area contributed by atoms with Crippen molar-refractivity contribution in [2.45, 2.75) is 84.6 Å². The van der Waals surface area contributed by atoms with E-state index in [0.717, 1.165) is 47.5 Å². The number of phenolic OH excluding ortho intramolecular Hbond substituents is 1. The Morgan fingerprint density at radius 1 is 0.952 bits per heavy atom. The fourth-order valence-electron chi connectivity index (χ4n) is 11.4. The van der Waals surface area contributed by atoms with Crippen LogP contribution in [-0.2, 0) is 35.2 Å². The molecule has 0 unspecified atom stereocenters. The molecule has 4 aromatic carbocycles. The molecule has 3 atom stereocenters. The van der Waals surface area contributed by atoms with Crippen molar-refractivity contribution >= 4 is 73.9 Å². The third-order valence-electron chi connectivity index (χ3n) is 15.6. The number of ether oxygens (including phenoxy) is 4. The summed E-state index contributed by atoms with van der Waals surface area (Å²) in [5, 5.41) is 19.6. The Kier molecular flexibility index (Phi) is 18.8. The van der Waals surface area contributed by atoms with Gasteiger partial charge in [-0.2, -0.15) is 9.97 Å². The molecule has 6 heterocycles. The van der Waals surface area contributed by atoms with Crippen molar-refractivity contribution in [2.75, 3.05) is 83.7 Å². The van der Waals surface area contributed by atoms with Crippen molar-refractivity contribution in [3.8, 4) is 39.1 Å². The van der Waals surface area contributed by atoms with Gasteiger partial charge in [0.2, 0.25) is 17.7 Å². The number of thiazole rings is 1. The number of fused-ring (bicyclic) bond motifs is 2. The van der Waals surface area contributed by atoms with E-state index in [-0.39, 0.29) is 96.3 Å². The quantitative estimate of drug-likeness (QED) is 0.0478. The number of nitrogens with one attached hydrogen (secondary N) is 1. The summed E-state index contributed by atoms with van der Waals surface area (Å²) in [7, 11) is 0. The van der Waals surface area contributed by atoms with Gasteiger partial charge in [-0.25, -0.2) is 9.37 Å². The molecular weight excluding hydrogens is 1120 g/mol. The highest BCUT2D eigenvalue weighted by Crippen LogP contribution is 2.43. The minimum atomic E-state index is -0.970. The lowest BCUT2D eigenvalue weighted by Crippen LogP contribution is -2.48. The van der Waals surface area contributed by atoms with Gasteiger partial charge >= 0.3 is 6.01 Å². The molecule has 442 valence electrons. The zero-order chi connectivity index (χ0) is 59.2. The van der Waals surface area contributed by atoms with E-state index in [4.69, 9.17) is 40.1 Å². The Balaban J connectivity index is 0.715. The number of aryl methyl sites for hydroxylation is 2. The van der Waals surface area contributed by atoms with Crippen LogP contribution >= 0.6 is 22.9 Å². The Morgan fingerprint density at radius 2 is 1.73 bits per heavy atom. The Bertz CT molecular complexity index is 3560. The monoisotopic (exact) mass is 1190 g/mol. The molecule has 3 fully saturated rings. The van der Waals surface area contributed by atoms with Gasteiger partial charge in [0.1, 0.15) is 53.3 Å². The number of aromatic nitrogens is 4. The van der Waals surface area contributed by atoms with Crippen LogP contribution < -0.4 is 19.7 Å². The van der Waals surface area contributed by atoms with Crippen LogP contribution in [0.25, 0.3) is 43.2 Å². The number of benzene rings is 4. The minimum Gasteiger partial charge on any atom is -0.508 e. The average molecular weight is 1190 g/mol. The molecule has 3 aliphatic heterocycles. The number of anilines is 1. The second kappa shape index (κ2) is 26.6.